The number of fused-ring (bicyclic) bond motifs is 1. The molecule has 0 radical (unpaired) electrons. The zero-order chi connectivity index (χ0) is 24.6. The minimum Gasteiger partial charge on any atom is -0.497 e. The Bertz CT molecular complexity index is 1040. The van der Waals surface area contributed by atoms with E-state index in [1.54, 1.807) is 31.4 Å². The van der Waals surface area contributed by atoms with Gasteiger partial charge in [0, 0.05) is 13.5 Å². The van der Waals surface area contributed by atoms with Gasteiger partial charge < -0.3 is 23.9 Å². The lowest BCUT2D eigenvalue weighted by Gasteiger charge is -2.30. The highest BCUT2D eigenvalue weighted by Crippen LogP contribution is 2.31. The van der Waals surface area contributed by atoms with Gasteiger partial charge in [-0.1, -0.05) is 18.2 Å². The number of methoxy groups -OCH3 is 2. The summed E-state index contributed by atoms with van der Waals surface area (Å²) in [7, 11) is 4.11. The zero-order valence-corrected chi connectivity index (χ0v) is 18.9. The van der Waals surface area contributed by atoms with Crippen LogP contribution >= 0.6 is 0 Å². The van der Waals surface area contributed by atoms with Crippen LogP contribution in [0, 0.1) is 10.1 Å². The topological polar surface area (TPSA) is 135 Å². The maximum atomic E-state index is 13.3. The molecule has 0 saturated carbocycles. The first-order valence-electron chi connectivity index (χ1n) is 9.98. The lowest BCUT2D eigenvalue weighted by molar-refractivity contribution is -0.757. The number of esters is 2. The first-order chi connectivity index (χ1) is 15.6. The Kier molecular flexibility index (Phi) is 8.55. The highest BCUT2D eigenvalue weighted by molar-refractivity contribution is 6.09. The Morgan fingerprint density at radius 3 is 2.36 bits per heavy atom. The molecule has 1 amide bonds. The van der Waals surface area contributed by atoms with Gasteiger partial charge in [-0.15, -0.1) is 10.1 Å². The van der Waals surface area contributed by atoms with Crippen LogP contribution in [0.15, 0.2) is 36.4 Å². The highest BCUT2D eigenvalue weighted by atomic mass is 16.9. The third kappa shape index (κ3) is 6.09. The SMILES string of the molecule is COC(=O)[C@](C)(C(=O)N(C)CC(=O)OCCCO[N+](=O)[O-])c1ccc2cc(OC)ccc2c1. The molecule has 0 aliphatic heterocycles. The monoisotopic (exact) mass is 462 g/mol. The van der Waals surface area contributed by atoms with E-state index < -0.39 is 34.9 Å². The molecule has 0 fully saturated rings. The van der Waals surface area contributed by atoms with Crippen LogP contribution in [0.25, 0.3) is 10.8 Å². The Hall–Kier alpha value is -3.89. The van der Waals surface area contributed by atoms with E-state index in [0.29, 0.717) is 11.3 Å². The van der Waals surface area contributed by atoms with Gasteiger partial charge in [-0.2, -0.15) is 0 Å². The standard InChI is InChI=1S/C22H26N2O9/c1-22(21(27)31-4,17-8-6-16-13-18(30-3)9-7-15(16)12-17)20(26)23(2)14-19(25)32-10-5-11-33-24(28)29/h6-9,12-13H,5,10-11,14H2,1-4H3/t22-/m0/s1. The maximum absolute atomic E-state index is 13.3. The molecule has 0 bridgehead atoms. The molecular weight excluding hydrogens is 436 g/mol. The fraction of sp³-hybridized carbons (Fsp3) is 0.409. The quantitative estimate of drug-likeness (QED) is 0.161. The van der Waals surface area contributed by atoms with Crippen molar-refractivity contribution in [2.75, 3.05) is 41.0 Å². The van der Waals surface area contributed by atoms with Crippen molar-refractivity contribution in [2.45, 2.75) is 18.8 Å². The summed E-state index contributed by atoms with van der Waals surface area (Å²) in [6, 6.07) is 10.5. The summed E-state index contributed by atoms with van der Waals surface area (Å²) >= 11 is 0. The van der Waals surface area contributed by atoms with Crippen LogP contribution in [0.5, 0.6) is 5.75 Å². The minimum absolute atomic E-state index is 0.114. The average molecular weight is 462 g/mol. The van der Waals surface area contributed by atoms with Crippen LogP contribution in [-0.2, 0) is 34.1 Å². The molecule has 11 nitrogen and oxygen atoms in total. The van der Waals surface area contributed by atoms with E-state index >= 15 is 0 Å². The molecule has 0 aromatic heterocycles. The van der Waals surface area contributed by atoms with Crippen LogP contribution < -0.4 is 4.74 Å². The fourth-order valence-corrected chi connectivity index (χ4v) is 3.27. The Morgan fingerprint density at radius 2 is 1.73 bits per heavy atom. The predicted octanol–water partition coefficient (Wildman–Crippen LogP) is 1.88. The maximum Gasteiger partial charge on any atom is 0.325 e. The van der Waals surface area contributed by atoms with E-state index in [4.69, 9.17) is 14.2 Å². The van der Waals surface area contributed by atoms with Crippen LogP contribution in [0.1, 0.15) is 18.9 Å². The zero-order valence-electron chi connectivity index (χ0n) is 18.9. The molecule has 1 atom stereocenters. The van der Waals surface area contributed by atoms with Crippen molar-refractivity contribution < 1.29 is 38.5 Å². The summed E-state index contributed by atoms with van der Waals surface area (Å²) in [6.07, 6.45) is 0.117. The number of nitrogens with zero attached hydrogens (tertiary/aromatic N) is 2. The largest absolute Gasteiger partial charge is 0.497 e. The molecule has 178 valence electrons. The molecule has 2 aromatic rings. The molecule has 0 aliphatic carbocycles. The smallest absolute Gasteiger partial charge is 0.325 e. The number of benzene rings is 2. The number of ether oxygens (including phenoxy) is 3. The van der Waals surface area contributed by atoms with E-state index in [2.05, 4.69) is 4.84 Å². The van der Waals surface area contributed by atoms with E-state index in [-0.39, 0.29) is 19.6 Å². The van der Waals surface area contributed by atoms with Crippen LogP contribution in [0.3, 0.4) is 0 Å². The molecule has 0 aliphatic rings. The second kappa shape index (κ2) is 11.1. The van der Waals surface area contributed by atoms with Gasteiger partial charge in [0.25, 0.3) is 5.09 Å². The van der Waals surface area contributed by atoms with Gasteiger partial charge >= 0.3 is 11.9 Å². The number of hydrogen-bond acceptors (Lipinski definition) is 9. The van der Waals surface area contributed by atoms with Crippen molar-refractivity contribution >= 4 is 28.6 Å². The van der Waals surface area contributed by atoms with Crippen molar-refractivity contribution in [3.63, 3.8) is 0 Å². The van der Waals surface area contributed by atoms with Gasteiger partial charge in [-0.3, -0.25) is 14.4 Å². The number of carbonyl (C=O) groups excluding carboxylic acids is 3. The summed E-state index contributed by atoms with van der Waals surface area (Å²) in [6.45, 7) is 0.676. The van der Waals surface area contributed by atoms with Crippen molar-refractivity contribution in [1.82, 2.24) is 4.90 Å². The second-order valence-electron chi connectivity index (χ2n) is 7.34. The second-order valence-corrected chi connectivity index (χ2v) is 7.34. The number of hydrogen-bond donors (Lipinski definition) is 0. The lowest BCUT2D eigenvalue weighted by atomic mass is 9.80. The first kappa shape index (κ1) is 25.4. The van der Waals surface area contributed by atoms with Crippen LogP contribution in [0.2, 0.25) is 0 Å². The molecular formula is C22H26N2O9. The summed E-state index contributed by atoms with van der Waals surface area (Å²) in [4.78, 5) is 53.4. The van der Waals surface area contributed by atoms with E-state index in [1.807, 2.05) is 12.1 Å². The molecule has 0 saturated heterocycles. The van der Waals surface area contributed by atoms with Gasteiger partial charge in [-0.25, -0.2) is 0 Å². The Labute approximate surface area is 190 Å². The number of rotatable bonds is 11. The van der Waals surface area contributed by atoms with Crippen molar-refractivity contribution in [3.05, 3.63) is 52.1 Å². The molecule has 0 unspecified atom stereocenters. The summed E-state index contributed by atoms with van der Waals surface area (Å²) in [5, 5.41) is 10.8. The van der Waals surface area contributed by atoms with E-state index in [0.717, 1.165) is 15.7 Å². The fourth-order valence-electron chi connectivity index (χ4n) is 3.27. The third-order valence-corrected chi connectivity index (χ3v) is 5.11. The molecule has 2 aromatic carbocycles. The average Bonchev–Trinajstić information content (AvgIpc) is 2.81. The van der Waals surface area contributed by atoms with Gasteiger partial charge in [0.2, 0.25) is 5.91 Å². The van der Waals surface area contributed by atoms with Gasteiger partial charge in [-0.05, 0) is 41.5 Å². The highest BCUT2D eigenvalue weighted by Gasteiger charge is 2.46. The molecule has 2 rings (SSSR count). The normalized spacial score (nSPS) is 12.4. The minimum atomic E-state index is -1.71. The summed E-state index contributed by atoms with van der Waals surface area (Å²) in [5.74, 6) is -1.50. The van der Waals surface area contributed by atoms with Gasteiger partial charge in [0.05, 0.1) is 27.4 Å². The lowest BCUT2D eigenvalue weighted by Crippen LogP contribution is -2.50. The number of carbonyl (C=O) groups is 3. The Morgan fingerprint density at radius 1 is 1.06 bits per heavy atom. The van der Waals surface area contributed by atoms with Crippen molar-refractivity contribution in [2.24, 2.45) is 0 Å². The predicted molar refractivity (Wildman–Crippen MR) is 116 cm³/mol. The van der Waals surface area contributed by atoms with Crippen LogP contribution in [-0.4, -0.2) is 68.9 Å². The number of amides is 1. The Balaban J connectivity index is 2.18. The number of likely N-dealkylation sites (N-methyl/N-ethyl adjacent to an activating group) is 1. The van der Waals surface area contributed by atoms with E-state index in [1.165, 1.54) is 21.1 Å². The molecule has 0 spiro atoms. The van der Waals surface area contributed by atoms with Crippen LogP contribution in [0.4, 0.5) is 0 Å². The molecule has 0 heterocycles. The van der Waals surface area contributed by atoms with Gasteiger partial charge in [0.1, 0.15) is 12.3 Å². The van der Waals surface area contributed by atoms with E-state index in [9.17, 15) is 24.5 Å². The summed E-state index contributed by atoms with van der Waals surface area (Å²) < 4.78 is 15.1. The van der Waals surface area contributed by atoms with Crippen molar-refractivity contribution in [3.8, 4) is 5.75 Å². The summed E-state index contributed by atoms with van der Waals surface area (Å²) in [5.41, 5.74) is -1.31. The first-order valence-corrected chi connectivity index (χ1v) is 9.98. The van der Waals surface area contributed by atoms with Gasteiger partial charge in [0.15, 0.2) is 5.41 Å². The third-order valence-electron chi connectivity index (χ3n) is 5.11. The molecule has 33 heavy (non-hydrogen) atoms. The van der Waals surface area contributed by atoms with Crippen molar-refractivity contribution in [1.29, 1.82) is 0 Å². The molecule has 11 heteroatoms. The molecule has 0 N–H and O–H groups in total.